The predicted molar refractivity (Wildman–Crippen MR) is 87.4 cm³/mol. The van der Waals surface area contributed by atoms with Crippen molar-refractivity contribution in [3.8, 4) is 5.88 Å². The molecule has 0 spiro atoms. The Labute approximate surface area is 132 Å². The first-order valence-corrected chi connectivity index (χ1v) is 8.07. The van der Waals surface area contributed by atoms with E-state index in [0.717, 1.165) is 58.1 Å². The summed E-state index contributed by atoms with van der Waals surface area (Å²) >= 11 is 0. The van der Waals surface area contributed by atoms with Gasteiger partial charge in [-0.1, -0.05) is 6.92 Å². The number of nitrogens with one attached hydrogen (secondary N) is 1. The van der Waals surface area contributed by atoms with E-state index in [-0.39, 0.29) is 0 Å². The SMILES string of the molecule is CCCc1nc(NCCN2CCOCC2)c(N)c(OCC)n1. The number of morpholine rings is 1. The fourth-order valence-corrected chi connectivity index (χ4v) is 2.37. The maximum atomic E-state index is 6.11. The molecule has 22 heavy (non-hydrogen) atoms. The van der Waals surface area contributed by atoms with Crippen molar-refractivity contribution in [2.75, 3.05) is 57.1 Å². The zero-order valence-corrected chi connectivity index (χ0v) is 13.6. The van der Waals surface area contributed by atoms with E-state index >= 15 is 0 Å². The van der Waals surface area contributed by atoms with Crippen molar-refractivity contribution in [2.24, 2.45) is 0 Å². The molecule has 7 heteroatoms. The minimum Gasteiger partial charge on any atom is -0.476 e. The number of aryl methyl sites for hydroxylation is 1. The molecule has 124 valence electrons. The van der Waals surface area contributed by atoms with Gasteiger partial charge in [-0.3, -0.25) is 4.90 Å². The zero-order chi connectivity index (χ0) is 15.8. The Balaban J connectivity index is 1.97. The normalized spacial score (nSPS) is 15.7. The number of nitrogens with two attached hydrogens (primary N) is 1. The first-order chi connectivity index (χ1) is 10.7. The van der Waals surface area contributed by atoms with Gasteiger partial charge < -0.3 is 20.5 Å². The molecule has 2 rings (SSSR count). The molecule has 1 fully saturated rings. The van der Waals surface area contributed by atoms with Crippen LogP contribution in [-0.2, 0) is 11.2 Å². The molecule has 0 bridgehead atoms. The summed E-state index contributed by atoms with van der Waals surface area (Å²) in [6, 6.07) is 0. The summed E-state index contributed by atoms with van der Waals surface area (Å²) in [5.74, 6) is 1.93. The molecule has 1 aromatic heterocycles. The van der Waals surface area contributed by atoms with Crippen LogP contribution in [0, 0.1) is 0 Å². The minimum absolute atomic E-state index is 0.481. The number of nitrogen functional groups attached to an aromatic ring is 1. The molecule has 0 amide bonds. The molecule has 7 nitrogen and oxygen atoms in total. The number of aromatic nitrogens is 2. The van der Waals surface area contributed by atoms with E-state index < -0.39 is 0 Å². The Bertz CT molecular complexity index is 463. The van der Waals surface area contributed by atoms with Gasteiger partial charge in [-0.15, -0.1) is 0 Å². The molecule has 0 aromatic carbocycles. The van der Waals surface area contributed by atoms with Gasteiger partial charge in [0, 0.05) is 32.6 Å². The Kier molecular flexibility index (Phi) is 6.67. The highest BCUT2D eigenvalue weighted by Crippen LogP contribution is 2.26. The van der Waals surface area contributed by atoms with E-state index in [2.05, 4.69) is 27.1 Å². The molecule has 1 saturated heterocycles. The molecule has 1 aliphatic heterocycles. The monoisotopic (exact) mass is 309 g/mol. The fourth-order valence-electron chi connectivity index (χ4n) is 2.37. The van der Waals surface area contributed by atoms with Crippen LogP contribution in [0.4, 0.5) is 11.5 Å². The van der Waals surface area contributed by atoms with Crippen LogP contribution >= 0.6 is 0 Å². The largest absolute Gasteiger partial charge is 0.476 e. The van der Waals surface area contributed by atoms with Crippen LogP contribution in [0.3, 0.4) is 0 Å². The van der Waals surface area contributed by atoms with Gasteiger partial charge in [0.05, 0.1) is 19.8 Å². The first kappa shape index (κ1) is 16.8. The van der Waals surface area contributed by atoms with Crippen molar-refractivity contribution >= 4 is 11.5 Å². The Morgan fingerprint density at radius 3 is 2.73 bits per heavy atom. The third-order valence-electron chi connectivity index (χ3n) is 3.54. The van der Waals surface area contributed by atoms with Gasteiger partial charge in [0.25, 0.3) is 0 Å². The summed E-state index contributed by atoms with van der Waals surface area (Å²) in [6.07, 6.45) is 1.81. The van der Waals surface area contributed by atoms with Gasteiger partial charge >= 0.3 is 0 Å². The van der Waals surface area contributed by atoms with E-state index in [1.165, 1.54) is 0 Å². The molecule has 1 aliphatic rings. The van der Waals surface area contributed by atoms with Crippen LogP contribution in [0.2, 0.25) is 0 Å². The van der Waals surface area contributed by atoms with Crippen LogP contribution in [0.25, 0.3) is 0 Å². The van der Waals surface area contributed by atoms with Gasteiger partial charge in [-0.25, -0.2) is 4.98 Å². The second-order valence-electron chi connectivity index (χ2n) is 5.27. The molecule has 0 atom stereocenters. The molecule has 0 unspecified atom stereocenters. The van der Waals surface area contributed by atoms with Crippen LogP contribution in [-0.4, -0.2) is 60.9 Å². The fraction of sp³-hybridized carbons (Fsp3) is 0.733. The number of hydrogen-bond donors (Lipinski definition) is 2. The summed E-state index contributed by atoms with van der Waals surface area (Å²) in [5, 5.41) is 3.32. The van der Waals surface area contributed by atoms with E-state index in [1.807, 2.05) is 6.92 Å². The molecule has 0 saturated carbocycles. The van der Waals surface area contributed by atoms with E-state index in [0.29, 0.717) is 24.0 Å². The highest BCUT2D eigenvalue weighted by atomic mass is 16.5. The van der Waals surface area contributed by atoms with Gasteiger partial charge in [0.15, 0.2) is 5.82 Å². The lowest BCUT2D eigenvalue weighted by atomic mass is 10.3. The highest BCUT2D eigenvalue weighted by molar-refractivity contribution is 5.66. The first-order valence-electron chi connectivity index (χ1n) is 8.07. The van der Waals surface area contributed by atoms with Crippen molar-refractivity contribution in [1.29, 1.82) is 0 Å². The Hall–Kier alpha value is -1.60. The lowest BCUT2D eigenvalue weighted by molar-refractivity contribution is 0.0398. The zero-order valence-electron chi connectivity index (χ0n) is 13.6. The molecular weight excluding hydrogens is 282 g/mol. The number of anilines is 2. The average Bonchev–Trinajstić information content (AvgIpc) is 2.53. The van der Waals surface area contributed by atoms with Gasteiger partial charge in [0.2, 0.25) is 5.88 Å². The van der Waals surface area contributed by atoms with Crippen LogP contribution in [0.5, 0.6) is 5.88 Å². The number of nitrogens with zero attached hydrogens (tertiary/aromatic N) is 3. The second-order valence-corrected chi connectivity index (χ2v) is 5.27. The standard InChI is InChI=1S/C15H27N5O2/c1-3-5-12-18-14(13(16)15(19-12)22-4-2)17-6-7-20-8-10-21-11-9-20/h3-11,16H2,1-2H3,(H,17,18,19). The Morgan fingerprint density at radius 1 is 1.27 bits per heavy atom. The third kappa shape index (κ3) is 4.71. The van der Waals surface area contributed by atoms with E-state index in [4.69, 9.17) is 15.2 Å². The summed E-state index contributed by atoms with van der Waals surface area (Å²) in [4.78, 5) is 11.3. The van der Waals surface area contributed by atoms with Crippen molar-refractivity contribution in [2.45, 2.75) is 26.7 Å². The molecule has 0 aliphatic carbocycles. The smallest absolute Gasteiger partial charge is 0.242 e. The summed E-state index contributed by atoms with van der Waals surface area (Å²) in [6.45, 7) is 9.88. The quantitative estimate of drug-likeness (QED) is 0.745. The molecular formula is C15H27N5O2. The van der Waals surface area contributed by atoms with E-state index in [1.54, 1.807) is 0 Å². The van der Waals surface area contributed by atoms with Crippen molar-refractivity contribution in [3.63, 3.8) is 0 Å². The van der Waals surface area contributed by atoms with Crippen LogP contribution < -0.4 is 15.8 Å². The maximum absolute atomic E-state index is 6.11. The molecule has 2 heterocycles. The van der Waals surface area contributed by atoms with Crippen molar-refractivity contribution in [3.05, 3.63) is 5.82 Å². The summed E-state index contributed by atoms with van der Waals surface area (Å²) < 4.78 is 10.9. The van der Waals surface area contributed by atoms with Gasteiger partial charge in [0.1, 0.15) is 11.5 Å². The van der Waals surface area contributed by atoms with E-state index in [9.17, 15) is 0 Å². The summed E-state index contributed by atoms with van der Waals surface area (Å²) in [5.41, 5.74) is 6.60. The van der Waals surface area contributed by atoms with Crippen molar-refractivity contribution < 1.29 is 9.47 Å². The predicted octanol–water partition coefficient (Wildman–Crippen LogP) is 1.15. The lowest BCUT2D eigenvalue weighted by Crippen LogP contribution is -2.39. The molecule has 0 radical (unpaired) electrons. The third-order valence-corrected chi connectivity index (χ3v) is 3.54. The highest BCUT2D eigenvalue weighted by Gasteiger charge is 2.14. The molecule has 3 N–H and O–H groups in total. The minimum atomic E-state index is 0.481. The number of hydrogen-bond acceptors (Lipinski definition) is 7. The average molecular weight is 309 g/mol. The van der Waals surface area contributed by atoms with Gasteiger partial charge in [-0.05, 0) is 13.3 Å². The second kappa shape index (κ2) is 8.75. The maximum Gasteiger partial charge on any atom is 0.242 e. The topological polar surface area (TPSA) is 85.5 Å². The van der Waals surface area contributed by atoms with Crippen LogP contribution in [0.15, 0.2) is 0 Å². The Morgan fingerprint density at radius 2 is 2.05 bits per heavy atom. The number of ether oxygens (including phenoxy) is 2. The molecule has 1 aromatic rings. The van der Waals surface area contributed by atoms with Gasteiger partial charge in [-0.2, -0.15) is 4.98 Å². The summed E-state index contributed by atoms with van der Waals surface area (Å²) in [7, 11) is 0. The lowest BCUT2D eigenvalue weighted by Gasteiger charge is -2.26. The number of rotatable bonds is 8. The van der Waals surface area contributed by atoms with Crippen molar-refractivity contribution in [1.82, 2.24) is 14.9 Å². The van der Waals surface area contributed by atoms with Crippen LogP contribution in [0.1, 0.15) is 26.1 Å².